The molecule has 1 rings (SSSR count). The number of halogens is 1. The number of hydrogen-bond donors (Lipinski definition) is 0. The molecule has 0 aliphatic carbocycles. The van der Waals surface area contributed by atoms with E-state index in [1.54, 1.807) is 14.1 Å². The molecule has 0 saturated heterocycles. The molecule has 0 N–H and O–H groups in total. The Labute approximate surface area is 93.7 Å². The van der Waals surface area contributed by atoms with E-state index in [4.69, 9.17) is 10.7 Å². The summed E-state index contributed by atoms with van der Waals surface area (Å²) in [6.45, 7) is 2.05. The van der Waals surface area contributed by atoms with Crippen molar-refractivity contribution in [3.05, 3.63) is 29.8 Å². The van der Waals surface area contributed by atoms with Crippen molar-refractivity contribution in [2.75, 3.05) is 14.1 Å². The number of amides is 1. The van der Waals surface area contributed by atoms with Crippen LogP contribution >= 0.6 is 21.7 Å². The van der Waals surface area contributed by atoms with Gasteiger partial charge in [-0.3, -0.25) is 4.79 Å². The molecule has 0 bridgehead atoms. The van der Waals surface area contributed by atoms with Crippen LogP contribution in [0.5, 0.6) is 0 Å². The molecule has 2 nitrogen and oxygen atoms in total. The Balaban J connectivity index is 0.000000292. The zero-order valence-electron chi connectivity index (χ0n) is 8.53. The Morgan fingerprint density at radius 3 is 2.29 bits per heavy atom. The van der Waals surface area contributed by atoms with Gasteiger partial charge in [0.2, 0.25) is 6.41 Å². The summed E-state index contributed by atoms with van der Waals surface area (Å²) in [6, 6.07) is 8.10. The van der Waals surface area contributed by atoms with Crippen LogP contribution in [-0.2, 0) is 4.79 Å². The Morgan fingerprint density at radius 2 is 2.00 bits per heavy atom. The zero-order valence-corrected chi connectivity index (χ0v) is 10.1. The highest BCUT2D eigenvalue weighted by atomic mass is 35.7. The van der Waals surface area contributed by atoms with Gasteiger partial charge in [0.1, 0.15) is 0 Å². The van der Waals surface area contributed by atoms with Crippen LogP contribution in [0.25, 0.3) is 0 Å². The number of benzene rings is 1. The van der Waals surface area contributed by atoms with Crippen molar-refractivity contribution in [1.29, 1.82) is 0 Å². The highest BCUT2D eigenvalue weighted by Crippen LogP contribution is 2.21. The quantitative estimate of drug-likeness (QED) is 0.730. The Kier molecular flexibility index (Phi) is 7.34. The minimum atomic E-state index is 0.750. The van der Waals surface area contributed by atoms with Gasteiger partial charge in [0.15, 0.2) is 0 Å². The van der Waals surface area contributed by atoms with Crippen molar-refractivity contribution in [3.63, 3.8) is 0 Å². The lowest BCUT2D eigenvalue weighted by atomic mass is 10.2. The highest BCUT2D eigenvalue weighted by molar-refractivity contribution is 8.21. The molecule has 0 aromatic heterocycles. The van der Waals surface area contributed by atoms with Crippen molar-refractivity contribution in [2.45, 2.75) is 11.8 Å². The van der Waals surface area contributed by atoms with Crippen molar-refractivity contribution < 1.29 is 4.79 Å². The number of aryl methyl sites for hydroxylation is 1. The molecule has 0 heterocycles. The Bertz CT molecular complexity index is 279. The third-order valence-corrected chi connectivity index (χ3v) is 2.26. The number of nitrogens with zero attached hydrogens (tertiary/aromatic N) is 1. The number of hydrogen-bond acceptors (Lipinski definition) is 2. The van der Waals surface area contributed by atoms with Crippen LogP contribution in [0.15, 0.2) is 29.2 Å². The molecule has 14 heavy (non-hydrogen) atoms. The fraction of sp³-hybridized carbons (Fsp3) is 0.300. The molecular formula is C10H14ClNOS. The van der Waals surface area contributed by atoms with Gasteiger partial charge in [-0.15, -0.1) is 0 Å². The van der Waals surface area contributed by atoms with Crippen LogP contribution in [0.2, 0.25) is 0 Å². The summed E-state index contributed by atoms with van der Waals surface area (Å²) in [5.74, 6) is 0. The maximum absolute atomic E-state index is 9.43. The average molecular weight is 232 g/mol. The molecule has 1 aromatic rings. The third-order valence-electron chi connectivity index (χ3n) is 1.29. The summed E-state index contributed by atoms with van der Waals surface area (Å²) in [7, 11) is 10.1. The predicted octanol–water partition coefficient (Wildman–Crippen LogP) is 2.95. The van der Waals surface area contributed by atoms with Crippen LogP contribution in [0.3, 0.4) is 0 Å². The first-order valence-electron chi connectivity index (χ1n) is 4.07. The lowest BCUT2D eigenvalue weighted by Gasteiger charge is -1.93. The maximum Gasteiger partial charge on any atom is 0.209 e. The summed E-state index contributed by atoms with van der Waals surface area (Å²) in [5.41, 5.74) is 1.25. The zero-order chi connectivity index (χ0) is 11.0. The lowest BCUT2D eigenvalue weighted by molar-refractivity contribution is -0.115. The van der Waals surface area contributed by atoms with E-state index >= 15 is 0 Å². The maximum atomic E-state index is 9.43. The second-order valence-electron chi connectivity index (χ2n) is 2.96. The van der Waals surface area contributed by atoms with Gasteiger partial charge in [0.05, 0.1) is 0 Å². The smallest absolute Gasteiger partial charge is 0.209 e. The summed E-state index contributed by atoms with van der Waals surface area (Å²) in [5, 5.41) is 0. The van der Waals surface area contributed by atoms with Crippen LogP contribution in [0.4, 0.5) is 0 Å². The first kappa shape index (κ1) is 13.3. The van der Waals surface area contributed by atoms with E-state index in [1.807, 2.05) is 12.1 Å². The molecule has 0 fully saturated rings. The van der Waals surface area contributed by atoms with Crippen LogP contribution in [0.1, 0.15) is 5.56 Å². The van der Waals surface area contributed by atoms with Gasteiger partial charge in [-0.05, 0) is 46.3 Å². The predicted molar refractivity (Wildman–Crippen MR) is 62.6 cm³/mol. The normalized spacial score (nSPS) is 8.57. The van der Waals surface area contributed by atoms with Gasteiger partial charge in [0, 0.05) is 19.0 Å². The average Bonchev–Trinajstić information content (AvgIpc) is 2.18. The Hall–Kier alpha value is -0.670. The van der Waals surface area contributed by atoms with Gasteiger partial charge in [-0.2, -0.15) is 0 Å². The van der Waals surface area contributed by atoms with Gasteiger partial charge >= 0.3 is 0 Å². The molecule has 78 valence electrons. The minimum Gasteiger partial charge on any atom is -0.351 e. The fourth-order valence-electron chi connectivity index (χ4n) is 0.663. The molecule has 0 aliphatic rings. The lowest BCUT2D eigenvalue weighted by Crippen LogP contribution is -2.06. The minimum absolute atomic E-state index is 0.750. The molecule has 0 unspecified atom stereocenters. The summed E-state index contributed by atoms with van der Waals surface area (Å²) < 4.78 is 0. The van der Waals surface area contributed by atoms with Crippen molar-refractivity contribution in [2.24, 2.45) is 0 Å². The molecule has 1 aromatic carbocycles. The first-order chi connectivity index (χ1) is 6.60. The van der Waals surface area contributed by atoms with Crippen LogP contribution in [-0.4, -0.2) is 25.4 Å². The largest absolute Gasteiger partial charge is 0.351 e. The Morgan fingerprint density at radius 1 is 1.43 bits per heavy atom. The summed E-state index contributed by atoms with van der Waals surface area (Å²) in [4.78, 5) is 12.0. The monoisotopic (exact) mass is 231 g/mol. The molecule has 0 saturated carbocycles. The van der Waals surface area contributed by atoms with Crippen LogP contribution < -0.4 is 0 Å². The molecule has 0 spiro atoms. The fourth-order valence-corrected chi connectivity index (χ4v) is 1.31. The second kappa shape index (κ2) is 7.71. The summed E-state index contributed by atoms with van der Waals surface area (Å²) in [6.07, 6.45) is 0.750. The van der Waals surface area contributed by atoms with Gasteiger partial charge < -0.3 is 4.90 Å². The number of carbonyl (C=O) groups excluding carboxylic acids is 1. The highest BCUT2D eigenvalue weighted by Gasteiger charge is 1.88. The van der Waals surface area contributed by atoms with E-state index in [0.29, 0.717) is 0 Å². The third kappa shape index (κ3) is 6.80. The van der Waals surface area contributed by atoms with Gasteiger partial charge in [-0.25, -0.2) is 0 Å². The van der Waals surface area contributed by atoms with Crippen molar-refractivity contribution in [1.82, 2.24) is 4.90 Å². The van der Waals surface area contributed by atoms with Gasteiger partial charge in [0.25, 0.3) is 0 Å². The van der Waals surface area contributed by atoms with Crippen LogP contribution in [0, 0.1) is 6.92 Å². The number of carbonyl (C=O) groups is 1. The van der Waals surface area contributed by atoms with E-state index in [9.17, 15) is 4.79 Å². The number of rotatable bonds is 2. The van der Waals surface area contributed by atoms with Crippen molar-refractivity contribution >= 4 is 28.1 Å². The molecule has 1 amide bonds. The first-order valence-corrected chi connectivity index (χ1v) is 5.71. The van der Waals surface area contributed by atoms with E-state index in [2.05, 4.69) is 19.1 Å². The molecule has 0 aliphatic heterocycles. The molecule has 0 atom stereocenters. The van der Waals surface area contributed by atoms with E-state index < -0.39 is 0 Å². The summed E-state index contributed by atoms with van der Waals surface area (Å²) >= 11 is 0. The van der Waals surface area contributed by atoms with E-state index in [0.717, 1.165) is 11.3 Å². The molecule has 0 radical (unpaired) electrons. The SMILES string of the molecule is CN(C)C=O.Cc1cccc(SCl)c1. The van der Waals surface area contributed by atoms with E-state index in [1.165, 1.54) is 21.4 Å². The molecule has 4 heteroatoms. The topological polar surface area (TPSA) is 20.3 Å². The van der Waals surface area contributed by atoms with Gasteiger partial charge in [-0.1, -0.05) is 12.1 Å². The van der Waals surface area contributed by atoms with E-state index in [-0.39, 0.29) is 0 Å². The molecular weight excluding hydrogens is 218 g/mol. The second-order valence-corrected chi connectivity index (χ2v) is 4.05. The van der Waals surface area contributed by atoms with Crippen molar-refractivity contribution in [3.8, 4) is 0 Å². The standard InChI is InChI=1S/C7H7ClS.C3H7NO/c1-6-3-2-4-7(5-6)9-8;1-4(2)3-5/h2-5H,1H3;3H,1-2H3.